The van der Waals surface area contributed by atoms with Gasteiger partial charge in [0.2, 0.25) is 0 Å². The Morgan fingerprint density at radius 2 is 2.25 bits per heavy atom. The van der Waals surface area contributed by atoms with Crippen molar-refractivity contribution < 1.29 is 4.79 Å². The molecule has 2 N–H and O–H groups in total. The van der Waals surface area contributed by atoms with Crippen LogP contribution in [-0.2, 0) is 0 Å². The maximum absolute atomic E-state index is 12.5. The van der Waals surface area contributed by atoms with E-state index in [-0.39, 0.29) is 29.8 Å². The Morgan fingerprint density at radius 3 is 2.83 bits per heavy atom. The molecule has 138 valence electrons. The van der Waals surface area contributed by atoms with Crippen LogP contribution < -0.4 is 10.6 Å². The normalized spacial score (nSPS) is 19.7. The van der Waals surface area contributed by atoms with E-state index in [4.69, 9.17) is 0 Å². The van der Waals surface area contributed by atoms with Crippen LogP contribution in [0.5, 0.6) is 0 Å². The molecule has 7 heteroatoms. The highest BCUT2D eigenvalue weighted by Crippen LogP contribution is 2.21. The number of rotatable bonds is 6. The fourth-order valence-electron chi connectivity index (χ4n) is 3.14. The zero-order chi connectivity index (χ0) is 17.0. The molecule has 1 aliphatic heterocycles. The van der Waals surface area contributed by atoms with Crippen LogP contribution in [0.3, 0.4) is 0 Å². The van der Waals surface area contributed by atoms with Gasteiger partial charge in [0.05, 0.1) is 6.04 Å². The van der Waals surface area contributed by atoms with Crippen LogP contribution in [0.1, 0.15) is 50.1 Å². The van der Waals surface area contributed by atoms with Gasteiger partial charge in [-0.3, -0.25) is 9.48 Å². The number of amides is 1. The van der Waals surface area contributed by atoms with Crippen LogP contribution >= 0.6 is 12.4 Å². The lowest BCUT2D eigenvalue weighted by molar-refractivity contribution is 0.0879. The lowest BCUT2D eigenvalue weighted by Gasteiger charge is -2.34. The third-order valence-corrected chi connectivity index (χ3v) is 4.73. The average molecular weight is 358 g/mol. The van der Waals surface area contributed by atoms with E-state index in [1.165, 1.54) is 0 Å². The third-order valence-electron chi connectivity index (χ3n) is 4.73. The zero-order valence-electron chi connectivity index (χ0n) is 15.5. The minimum Gasteiger partial charge on any atom is -0.348 e. The van der Waals surface area contributed by atoms with E-state index in [1.54, 1.807) is 0 Å². The number of carbonyl (C=O) groups is 1. The molecule has 2 rings (SSSR count). The van der Waals surface area contributed by atoms with Gasteiger partial charge in [0.25, 0.3) is 5.91 Å². The van der Waals surface area contributed by atoms with E-state index >= 15 is 0 Å². The fourth-order valence-corrected chi connectivity index (χ4v) is 3.14. The van der Waals surface area contributed by atoms with E-state index in [1.807, 2.05) is 16.9 Å². The summed E-state index contributed by atoms with van der Waals surface area (Å²) >= 11 is 0. The number of hydrogen-bond acceptors (Lipinski definition) is 4. The Kier molecular flexibility index (Phi) is 7.70. The van der Waals surface area contributed by atoms with Gasteiger partial charge in [-0.2, -0.15) is 5.10 Å². The predicted octanol–water partition coefficient (Wildman–Crippen LogP) is 1.94. The summed E-state index contributed by atoms with van der Waals surface area (Å²) in [4.78, 5) is 14.6. The number of aromatic nitrogens is 2. The van der Waals surface area contributed by atoms with Crippen molar-refractivity contribution in [2.45, 2.75) is 45.7 Å². The molecule has 6 nitrogen and oxygen atoms in total. The van der Waals surface area contributed by atoms with Gasteiger partial charge in [0, 0.05) is 25.3 Å². The second-order valence-corrected chi connectivity index (χ2v) is 7.60. The van der Waals surface area contributed by atoms with Crippen molar-refractivity contribution in [1.29, 1.82) is 0 Å². The zero-order valence-corrected chi connectivity index (χ0v) is 16.3. The largest absolute Gasteiger partial charge is 0.348 e. The Balaban J connectivity index is 0.00000288. The Hall–Kier alpha value is -1.11. The predicted molar refractivity (Wildman–Crippen MR) is 99.9 cm³/mol. The molecule has 1 aromatic rings. The quantitative estimate of drug-likeness (QED) is 0.816. The Bertz CT molecular complexity index is 523. The van der Waals surface area contributed by atoms with Crippen LogP contribution in [0, 0.1) is 5.41 Å². The lowest BCUT2D eigenvalue weighted by Crippen LogP contribution is -2.47. The summed E-state index contributed by atoms with van der Waals surface area (Å²) < 4.78 is 1.93. The molecule has 2 heterocycles. The van der Waals surface area contributed by atoms with Crippen molar-refractivity contribution in [3.05, 3.63) is 18.0 Å². The second kappa shape index (κ2) is 8.83. The molecule has 0 spiro atoms. The molecule has 0 radical (unpaired) electrons. The van der Waals surface area contributed by atoms with E-state index in [9.17, 15) is 4.79 Å². The van der Waals surface area contributed by atoms with Gasteiger partial charge in [-0.1, -0.05) is 13.8 Å². The van der Waals surface area contributed by atoms with Gasteiger partial charge in [-0.25, -0.2) is 0 Å². The van der Waals surface area contributed by atoms with Gasteiger partial charge in [-0.05, 0) is 51.9 Å². The van der Waals surface area contributed by atoms with E-state index in [0.717, 1.165) is 32.5 Å². The summed E-state index contributed by atoms with van der Waals surface area (Å²) in [6.45, 7) is 9.31. The van der Waals surface area contributed by atoms with Gasteiger partial charge in [0.1, 0.15) is 5.69 Å². The number of halogens is 1. The minimum absolute atomic E-state index is 0. The van der Waals surface area contributed by atoms with E-state index in [2.05, 4.69) is 55.5 Å². The first-order chi connectivity index (χ1) is 10.8. The van der Waals surface area contributed by atoms with Crippen molar-refractivity contribution >= 4 is 18.3 Å². The summed E-state index contributed by atoms with van der Waals surface area (Å²) in [5.74, 6) is -0.0909. The standard InChI is InChI=1S/C17H31N5O.ClH/c1-13(17(2,3)12-21(4)5)19-16(23)15-8-10-22(20-15)14-7-6-9-18-11-14;/h8,10,13-14,18H,6-7,9,11-12H2,1-5H3,(H,19,23);1H. The molecule has 1 aliphatic rings. The molecule has 1 aromatic heterocycles. The summed E-state index contributed by atoms with van der Waals surface area (Å²) in [5.41, 5.74) is 0.498. The molecule has 0 saturated carbocycles. The van der Waals surface area contributed by atoms with Gasteiger partial charge >= 0.3 is 0 Å². The lowest BCUT2D eigenvalue weighted by atomic mass is 9.85. The average Bonchev–Trinajstić information content (AvgIpc) is 2.96. The molecular weight excluding hydrogens is 326 g/mol. The number of nitrogens with one attached hydrogen (secondary N) is 2. The first kappa shape index (κ1) is 20.9. The molecule has 0 aromatic carbocycles. The molecule has 1 amide bonds. The molecule has 2 unspecified atom stereocenters. The second-order valence-electron chi connectivity index (χ2n) is 7.60. The van der Waals surface area contributed by atoms with E-state index < -0.39 is 0 Å². The highest BCUT2D eigenvalue weighted by molar-refractivity contribution is 5.92. The summed E-state index contributed by atoms with van der Waals surface area (Å²) in [7, 11) is 4.10. The van der Waals surface area contributed by atoms with Crippen LogP contribution in [0.15, 0.2) is 12.3 Å². The first-order valence-electron chi connectivity index (χ1n) is 8.51. The maximum Gasteiger partial charge on any atom is 0.272 e. The van der Waals surface area contributed by atoms with Crippen molar-refractivity contribution in [2.24, 2.45) is 5.41 Å². The van der Waals surface area contributed by atoms with Crippen molar-refractivity contribution in [3.63, 3.8) is 0 Å². The van der Waals surface area contributed by atoms with Gasteiger partial charge in [-0.15, -0.1) is 12.4 Å². The van der Waals surface area contributed by atoms with Crippen molar-refractivity contribution in [1.82, 2.24) is 25.3 Å². The number of piperidine rings is 1. The van der Waals surface area contributed by atoms with Gasteiger partial charge in [0.15, 0.2) is 0 Å². The van der Waals surface area contributed by atoms with Crippen LogP contribution in [-0.4, -0.2) is 60.4 Å². The monoisotopic (exact) mass is 357 g/mol. The van der Waals surface area contributed by atoms with Crippen LogP contribution in [0.4, 0.5) is 0 Å². The molecule has 0 bridgehead atoms. The van der Waals surface area contributed by atoms with Crippen LogP contribution in [0.25, 0.3) is 0 Å². The SMILES string of the molecule is CC(NC(=O)c1ccn(C2CCCNC2)n1)C(C)(C)CN(C)C.Cl. The van der Waals surface area contributed by atoms with Crippen LogP contribution in [0.2, 0.25) is 0 Å². The molecule has 1 fully saturated rings. The molecule has 0 aliphatic carbocycles. The molecule has 1 saturated heterocycles. The van der Waals surface area contributed by atoms with E-state index in [0.29, 0.717) is 11.7 Å². The first-order valence-corrected chi connectivity index (χ1v) is 8.51. The number of nitrogens with zero attached hydrogens (tertiary/aromatic N) is 3. The summed E-state index contributed by atoms with van der Waals surface area (Å²) in [6.07, 6.45) is 4.19. The highest BCUT2D eigenvalue weighted by Gasteiger charge is 2.28. The van der Waals surface area contributed by atoms with Crippen molar-refractivity contribution in [2.75, 3.05) is 33.7 Å². The number of carbonyl (C=O) groups excluding carboxylic acids is 1. The molecular formula is C17H32ClN5O. The minimum atomic E-state index is -0.0909. The van der Waals surface area contributed by atoms with Gasteiger partial charge < -0.3 is 15.5 Å². The Morgan fingerprint density at radius 1 is 1.54 bits per heavy atom. The number of hydrogen-bond donors (Lipinski definition) is 2. The smallest absolute Gasteiger partial charge is 0.272 e. The highest BCUT2D eigenvalue weighted by atomic mass is 35.5. The van der Waals surface area contributed by atoms with Crippen molar-refractivity contribution in [3.8, 4) is 0 Å². The fraction of sp³-hybridized carbons (Fsp3) is 0.765. The summed E-state index contributed by atoms with van der Waals surface area (Å²) in [6, 6.07) is 2.24. The Labute approximate surface area is 151 Å². The molecule has 24 heavy (non-hydrogen) atoms. The summed E-state index contributed by atoms with van der Waals surface area (Å²) in [5, 5.41) is 11.0. The maximum atomic E-state index is 12.5. The third kappa shape index (κ3) is 5.46. The topological polar surface area (TPSA) is 62.2 Å². The molecule has 2 atom stereocenters.